The van der Waals surface area contributed by atoms with Crippen LogP contribution in [-0.4, -0.2) is 41.1 Å². The van der Waals surface area contributed by atoms with E-state index in [9.17, 15) is 4.79 Å². The Balaban J connectivity index is 0. The minimum absolute atomic E-state index is 0. The Morgan fingerprint density at radius 3 is 2.22 bits per heavy atom. The first-order chi connectivity index (χ1) is 3.63. The van der Waals surface area contributed by atoms with E-state index in [4.69, 9.17) is 10.2 Å². The van der Waals surface area contributed by atoms with Crippen LogP contribution >= 0.6 is 0 Å². The Labute approximate surface area is 66.2 Å². The van der Waals surface area contributed by atoms with Crippen LogP contribution in [0.15, 0.2) is 0 Å². The molecule has 0 amide bonds. The zero-order valence-corrected chi connectivity index (χ0v) is 4.79. The molecule has 0 spiro atoms. The summed E-state index contributed by atoms with van der Waals surface area (Å²) in [4.78, 5) is 9.79. The number of hydrogen-bond acceptors (Lipinski definition) is 2. The molecule has 1 unspecified atom stereocenters. The first kappa shape index (κ1) is 11.8. The number of aliphatic hydroxyl groups is 1. The van der Waals surface area contributed by atoms with Crippen LogP contribution in [0.4, 0.5) is 0 Å². The molecule has 0 fully saturated rings. The van der Waals surface area contributed by atoms with Gasteiger partial charge in [-0.05, 0) is 13.3 Å². The monoisotopic (exact) mass is 126 g/mol. The van der Waals surface area contributed by atoms with Crippen LogP contribution in [0.2, 0.25) is 0 Å². The van der Waals surface area contributed by atoms with Crippen molar-refractivity contribution < 1.29 is 15.0 Å². The molecule has 0 aliphatic rings. The van der Waals surface area contributed by atoms with E-state index in [1.807, 2.05) is 0 Å². The summed E-state index contributed by atoms with van der Waals surface area (Å²) in [6, 6.07) is 0. The van der Waals surface area contributed by atoms with Crippen molar-refractivity contribution in [1.82, 2.24) is 0 Å². The van der Waals surface area contributed by atoms with E-state index in [1.165, 1.54) is 0 Å². The van der Waals surface area contributed by atoms with Gasteiger partial charge in [-0.15, -0.1) is 0 Å². The van der Waals surface area contributed by atoms with Gasteiger partial charge in [-0.1, -0.05) is 0 Å². The van der Waals surface area contributed by atoms with Gasteiger partial charge >= 0.3 is 24.8 Å². The minimum atomic E-state index is -0.856. The molecule has 0 aromatic heterocycles. The van der Waals surface area contributed by atoms with E-state index in [1.54, 1.807) is 6.92 Å². The molecule has 4 heteroatoms. The van der Waals surface area contributed by atoms with Gasteiger partial charge < -0.3 is 10.2 Å². The first-order valence-corrected chi connectivity index (χ1v) is 2.53. The van der Waals surface area contributed by atoms with Crippen molar-refractivity contribution in [2.24, 2.45) is 0 Å². The number of hydrogen-bond donors (Lipinski definition) is 2. The number of carbonyl (C=O) groups is 1. The zero-order valence-electron chi connectivity index (χ0n) is 4.79. The summed E-state index contributed by atoms with van der Waals surface area (Å²) < 4.78 is 0. The molecule has 0 rings (SSSR count). The van der Waals surface area contributed by atoms with Gasteiger partial charge in [0.25, 0.3) is 0 Å². The Morgan fingerprint density at radius 1 is 1.67 bits per heavy atom. The van der Waals surface area contributed by atoms with Crippen LogP contribution in [-0.2, 0) is 4.79 Å². The fraction of sp³-hybridized carbons (Fsp3) is 0.800. The summed E-state index contributed by atoms with van der Waals surface area (Å²) in [5.74, 6) is -0.856. The van der Waals surface area contributed by atoms with Gasteiger partial charge in [0.1, 0.15) is 0 Å². The maximum atomic E-state index is 9.79. The molecule has 0 radical (unpaired) electrons. The van der Waals surface area contributed by atoms with Crippen LogP contribution in [0, 0.1) is 0 Å². The van der Waals surface area contributed by atoms with E-state index < -0.39 is 12.1 Å². The number of carboxylic acids is 1. The third-order valence-electron chi connectivity index (χ3n) is 0.776. The molecular formula is C5H11LiO3. The standard InChI is InChI=1S/C5H10O3.Li.H/c1-4(6)2-3-5(7)8;;/h4,6H,2-3H2,1H3,(H,7,8);;. The molecule has 0 aromatic rings. The number of carboxylic acid groups (broad SMARTS) is 1. The molecule has 0 saturated heterocycles. The SMILES string of the molecule is CC(O)CCC(=O)O.[LiH]. The number of rotatable bonds is 3. The van der Waals surface area contributed by atoms with Crippen LogP contribution in [0.25, 0.3) is 0 Å². The van der Waals surface area contributed by atoms with Crippen molar-refractivity contribution in [1.29, 1.82) is 0 Å². The molecule has 0 saturated carbocycles. The second kappa shape index (κ2) is 6.15. The van der Waals surface area contributed by atoms with Crippen molar-refractivity contribution in [3.05, 3.63) is 0 Å². The molecule has 2 N–H and O–H groups in total. The summed E-state index contributed by atoms with van der Waals surface area (Å²) in [5.41, 5.74) is 0. The fourth-order valence-electron chi connectivity index (χ4n) is 0.332. The summed E-state index contributed by atoms with van der Waals surface area (Å²) in [6.07, 6.45) is -0.0985. The van der Waals surface area contributed by atoms with E-state index >= 15 is 0 Å². The van der Waals surface area contributed by atoms with E-state index in [-0.39, 0.29) is 25.3 Å². The number of aliphatic carboxylic acids is 1. The molecular weight excluding hydrogens is 115 g/mol. The maximum absolute atomic E-state index is 9.79. The first-order valence-electron chi connectivity index (χ1n) is 2.53. The average Bonchev–Trinajstić information content (AvgIpc) is 1.61. The van der Waals surface area contributed by atoms with E-state index in [0.717, 1.165) is 0 Å². The summed E-state index contributed by atoms with van der Waals surface area (Å²) in [5, 5.41) is 16.6. The predicted octanol–water partition coefficient (Wildman–Crippen LogP) is -0.417. The summed E-state index contributed by atoms with van der Waals surface area (Å²) in [7, 11) is 0. The quantitative estimate of drug-likeness (QED) is 0.505. The third-order valence-corrected chi connectivity index (χ3v) is 0.776. The molecule has 1 atom stereocenters. The van der Waals surface area contributed by atoms with Crippen LogP contribution in [0.5, 0.6) is 0 Å². The van der Waals surface area contributed by atoms with Gasteiger partial charge in [-0.25, -0.2) is 0 Å². The van der Waals surface area contributed by atoms with Crippen molar-refractivity contribution in [3.8, 4) is 0 Å². The molecule has 0 aliphatic heterocycles. The van der Waals surface area contributed by atoms with Crippen LogP contribution in [0.3, 0.4) is 0 Å². The molecule has 50 valence electrons. The van der Waals surface area contributed by atoms with Gasteiger partial charge in [0, 0.05) is 6.42 Å². The Kier molecular flexibility index (Phi) is 8.05. The normalized spacial score (nSPS) is 11.8. The Morgan fingerprint density at radius 2 is 2.11 bits per heavy atom. The molecule has 3 nitrogen and oxygen atoms in total. The Hall–Kier alpha value is 0.0274. The molecule has 0 heterocycles. The van der Waals surface area contributed by atoms with Crippen LogP contribution in [0.1, 0.15) is 19.8 Å². The van der Waals surface area contributed by atoms with E-state index in [0.29, 0.717) is 6.42 Å². The van der Waals surface area contributed by atoms with Crippen LogP contribution < -0.4 is 0 Å². The summed E-state index contributed by atoms with van der Waals surface area (Å²) in [6.45, 7) is 1.57. The third kappa shape index (κ3) is 11.5. The molecule has 0 bridgehead atoms. The zero-order chi connectivity index (χ0) is 6.57. The van der Waals surface area contributed by atoms with Gasteiger partial charge in [0.05, 0.1) is 6.10 Å². The van der Waals surface area contributed by atoms with Gasteiger partial charge in [-0.2, -0.15) is 0 Å². The molecule has 0 aliphatic carbocycles. The van der Waals surface area contributed by atoms with Gasteiger partial charge in [0.15, 0.2) is 0 Å². The Bertz CT molecular complexity index is 82.3. The van der Waals surface area contributed by atoms with Crippen molar-refractivity contribution >= 4 is 24.8 Å². The summed E-state index contributed by atoms with van der Waals surface area (Å²) >= 11 is 0. The second-order valence-electron chi connectivity index (χ2n) is 1.78. The van der Waals surface area contributed by atoms with Gasteiger partial charge in [-0.3, -0.25) is 4.79 Å². The molecule has 0 aromatic carbocycles. The molecule has 9 heavy (non-hydrogen) atoms. The van der Waals surface area contributed by atoms with E-state index in [2.05, 4.69) is 0 Å². The van der Waals surface area contributed by atoms with Crippen molar-refractivity contribution in [2.75, 3.05) is 0 Å². The van der Waals surface area contributed by atoms with Gasteiger partial charge in [0.2, 0.25) is 0 Å². The average molecular weight is 126 g/mol. The topological polar surface area (TPSA) is 57.5 Å². The second-order valence-corrected chi connectivity index (χ2v) is 1.78. The van der Waals surface area contributed by atoms with Crippen molar-refractivity contribution in [2.45, 2.75) is 25.9 Å². The number of aliphatic hydroxyl groups excluding tert-OH is 1. The predicted molar refractivity (Wildman–Crippen MR) is 35.7 cm³/mol. The van der Waals surface area contributed by atoms with Crippen molar-refractivity contribution in [3.63, 3.8) is 0 Å². The fourth-order valence-corrected chi connectivity index (χ4v) is 0.332.